The van der Waals surface area contributed by atoms with Crippen molar-refractivity contribution in [3.63, 3.8) is 0 Å². The predicted molar refractivity (Wildman–Crippen MR) is 43.0 cm³/mol. The zero-order chi connectivity index (χ0) is 9.19. The van der Waals surface area contributed by atoms with E-state index >= 15 is 0 Å². The van der Waals surface area contributed by atoms with E-state index in [9.17, 15) is 9.90 Å². The van der Waals surface area contributed by atoms with Crippen molar-refractivity contribution < 1.29 is 9.90 Å². The molecular formula is C8H10N2O2. The lowest BCUT2D eigenvalue weighted by Crippen LogP contribution is -2.38. The molecule has 0 saturated carbocycles. The van der Waals surface area contributed by atoms with E-state index in [2.05, 4.69) is 4.98 Å². The number of pyridine rings is 1. The van der Waals surface area contributed by atoms with Crippen LogP contribution in [0, 0.1) is 0 Å². The first-order chi connectivity index (χ1) is 5.55. The Balaban J connectivity index is 3.06. The minimum Gasteiger partial charge on any atom is -0.374 e. The molecule has 0 aliphatic heterocycles. The molecule has 0 radical (unpaired) electrons. The van der Waals surface area contributed by atoms with E-state index in [-0.39, 0.29) is 5.69 Å². The lowest BCUT2D eigenvalue weighted by Gasteiger charge is -2.17. The van der Waals surface area contributed by atoms with Gasteiger partial charge < -0.3 is 10.8 Å². The summed E-state index contributed by atoms with van der Waals surface area (Å²) in [5.74, 6) is -0.804. The number of carbonyl (C=O) groups excluding carboxylic acids is 1. The molecule has 0 fully saturated rings. The third kappa shape index (κ3) is 1.43. The van der Waals surface area contributed by atoms with E-state index in [4.69, 9.17) is 5.73 Å². The Kier molecular flexibility index (Phi) is 2.10. The highest BCUT2D eigenvalue weighted by Gasteiger charge is 2.30. The average molecular weight is 166 g/mol. The van der Waals surface area contributed by atoms with Gasteiger partial charge in [-0.1, -0.05) is 6.07 Å². The van der Waals surface area contributed by atoms with Crippen molar-refractivity contribution in [1.82, 2.24) is 4.98 Å². The Morgan fingerprint density at radius 3 is 2.75 bits per heavy atom. The number of amides is 1. The molecule has 4 heteroatoms. The monoisotopic (exact) mass is 166 g/mol. The molecule has 64 valence electrons. The molecule has 0 aromatic carbocycles. The number of hydrogen-bond donors (Lipinski definition) is 2. The summed E-state index contributed by atoms with van der Waals surface area (Å²) in [6, 6.07) is 4.92. The van der Waals surface area contributed by atoms with Gasteiger partial charge in [0.25, 0.3) is 5.91 Å². The normalized spacial score (nSPS) is 15.2. The fraction of sp³-hybridized carbons (Fsp3) is 0.250. The van der Waals surface area contributed by atoms with Crippen LogP contribution in [-0.4, -0.2) is 16.0 Å². The minimum absolute atomic E-state index is 0.262. The number of primary amides is 1. The second-order valence-electron chi connectivity index (χ2n) is 2.65. The van der Waals surface area contributed by atoms with E-state index in [1.54, 1.807) is 18.2 Å². The Morgan fingerprint density at radius 1 is 1.67 bits per heavy atom. The quantitative estimate of drug-likeness (QED) is 0.637. The standard InChI is InChI=1S/C8H10N2O2/c1-8(12,7(9)11)6-4-2-3-5-10-6/h2-5,12H,1H3,(H2,9,11). The van der Waals surface area contributed by atoms with Gasteiger partial charge in [-0.25, -0.2) is 0 Å². The van der Waals surface area contributed by atoms with Crippen LogP contribution in [0.1, 0.15) is 12.6 Å². The molecule has 1 unspecified atom stereocenters. The van der Waals surface area contributed by atoms with Crippen LogP contribution in [-0.2, 0) is 10.4 Å². The molecule has 0 spiro atoms. The lowest BCUT2D eigenvalue weighted by atomic mass is 10.0. The van der Waals surface area contributed by atoms with Gasteiger partial charge >= 0.3 is 0 Å². The van der Waals surface area contributed by atoms with Crippen LogP contribution in [0.25, 0.3) is 0 Å². The van der Waals surface area contributed by atoms with E-state index in [0.29, 0.717) is 0 Å². The van der Waals surface area contributed by atoms with E-state index < -0.39 is 11.5 Å². The smallest absolute Gasteiger partial charge is 0.255 e. The number of carbonyl (C=O) groups is 1. The molecule has 1 aromatic rings. The van der Waals surface area contributed by atoms with Gasteiger partial charge in [0.2, 0.25) is 0 Å². The van der Waals surface area contributed by atoms with Crippen molar-refractivity contribution >= 4 is 5.91 Å². The summed E-state index contributed by atoms with van der Waals surface area (Å²) in [6.07, 6.45) is 1.49. The second kappa shape index (κ2) is 2.91. The third-order valence-electron chi connectivity index (χ3n) is 1.64. The van der Waals surface area contributed by atoms with Gasteiger partial charge in [-0.15, -0.1) is 0 Å². The van der Waals surface area contributed by atoms with Gasteiger partial charge in [0.15, 0.2) is 5.60 Å². The topological polar surface area (TPSA) is 76.2 Å². The molecule has 3 N–H and O–H groups in total. The maximum Gasteiger partial charge on any atom is 0.255 e. The molecule has 4 nitrogen and oxygen atoms in total. The Morgan fingerprint density at radius 2 is 2.33 bits per heavy atom. The second-order valence-corrected chi connectivity index (χ2v) is 2.65. The van der Waals surface area contributed by atoms with Crippen molar-refractivity contribution in [2.45, 2.75) is 12.5 Å². The van der Waals surface area contributed by atoms with Gasteiger partial charge in [-0.3, -0.25) is 9.78 Å². The fourth-order valence-electron chi connectivity index (χ4n) is 0.777. The number of hydrogen-bond acceptors (Lipinski definition) is 3. The number of nitrogens with two attached hydrogens (primary N) is 1. The van der Waals surface area contributed by atoms with Crippen molar-refractivity contribution in [3.8, 4) is 0 Å². The van der Waals surface area contributed by atoms with E-state index in [0.717, 1.165) is 0 Å². The Labute approximate surface area is 70.0 Å². The Hall–Kier alpha value is -1.42. The van der Waals surface area contributed by atoms with Crippen LogP contribution in [0.15, 0.2) is 24.4 Å². The lowest BCUT2D eigenvalue weighted by molar-refractivity contribution is -0.135. The summed E-state index contributed by atoms with van der Waals surface area (Å²) in [5.41, 5.74) is 3.56. The summed E-state index contributed by atoms with van der Waals surface area (Å²) >= 11 is 0. The molecular weight excluding hydrogens is 156 g/mol. The zero-order valence-electron chi connectivity index (χ0n) is 6.69. The van der Waals surface area contributed by atoms with Gasteiger partial charge in [0.1, 0.15) is 0 Å². The first kappa shape index (κ1) is 8.67. The highest BCUT2D eigenvalue weighted by molar-refractivity contribution is 5.83. The maximum absolute atomic E-state index is 10.8. The summed E-state index contributed by atoms with van der Waals surface area (Å²) in [4.78, 5) is 14.6. The number of aliphatic hydroxyl groups is 1. The van der Waals surface area contributed by atoms with Crippen LogP contribution in [0.3, 0.4) is 0 Å². The van der Waals surface area contributed by atoms with E-state index in [1.807, 2.05) is 0 Å². The largest absolute Gasteiger partial charge is 0.374 e. The molecule has 1 rings (SSSR count). The summed E-state index contributed by atoms with van der Waals surface area (Å²) in [7, 11) is 0. The molecule has 1 heterocycles. The molecule has 0 saturated heterocycles. The molecule has 0 bridgehead atoms. The maximum atomic E-state index is 10.8. The number of aromatic nitrogens is 1. The summed E-state index contributed by atoms with van der Waals surface area (Å²) < 4.78 is 0. The fourth-order valence-corrected chi connectivity index (χ4v) is 0.777. The SMILES string of the molecule is CC(O)(C(N)=O)c1ccccn1. The number of rotatable bonds is 2. The molecule has 1 atom stereocenters. The highest BCUT2D eigenvalue weighted by Crippen LogP contribution is 2.16. The van der Waals surface area contributed by atoms with Crippen LogP contribution >= 0.6 is 0 Å². The van der Waals surface area contributed by atoms with Crippen LogP contribution in [0.2, 0.25) is 0 Å². The van der Waals surface area contributed by atoms with Gasteiger partial charge in [0.05, 0.1) is 5.69 Å². The minimum atomic E-state index is -1.68. The van der Waals surface area contributed by atoms with Crippen molar-refractivity contribution in [2.24, 2.45) is 5.73 Å². The summed E-state index contributed by atoms with van der Waals surface area (Å²) in [6.45, 7) is 1.32. The molecule has 1 aromatic heterocycles. The van der Waals surface area contributed by atoms with E-state index in [1.165, 1.54) is 13.1 Å². The van der Waals surface area contributed by atoms with Crippen LogP contribution < -0.4 is 5.73 Å². The van der Waals surface area contributed by atoms with Gasteiger partial charge in [-0.05, 0) is 19.1 Å². The molecule has 1 amide bonds. The van der Waals surface area contributed by atoms with Crippen molar-refractivity contribution in [1.29, 1.82) is 0 Å². The van der Waals surface area contributed by atoms with Gasteiger partial charge in [0, 0.05) is 6.20 Å². The highest BCUT2D eigenvalue weighted by atomic mass is 16.3. The molecule has 12 heavy (non-hydrogen) atoms. The third-order valence-corrected chi connectivity index (χ3v) is 1.64. The average Bonchev–Trinajstić information content (AvgIpc) is 2.06. The first-order valence-electron chi connectivity index (χ1n) is 3.49. The van der Waals surface area contributed by atoms with Crippen LogP contribution in [0.5, 0.6) is 0 Å². The first-order valence-corrected chi connectivity index (χ1v) is 3.49. The van der Waals surface area contributed by atoms with Crippen molar-refractivity contribution in [3.05, 3.63) is 30.1 Å². The van der Waals surface area contributed by atoms with Gasteiger partial charge in [-0.2, -0.15) is 0 Å². The predicted octanol–water partition coefficient (Wildman–Crippen LogP) is -0.226. The number of nitrogens with zero attached hydrogens (tertiary/aromatic N) is 1. The van der Waals surface area contributed by atoms with Crippen molar-refractivity contribution in [2.75, 3.05) is 0 Å². The van der Waals surface area contributed by atoms with Crippen LogP contribution in [0.4, 0.5) is 0 Å². The molecule has 0 aliphatic rings. The Bertz CT molecular complexity index is 282. The molecule has 0 aliphatic carbocycles. The zero-order valence-corrected chi connectivity index (χ0v) is 6.69. The summed E-state index contributed by atoms with van der Waals surface area (Å²) in [5, 5.41) is 9.53.